The van der Waals surface area contributed by atoms with Crippen LogP contribution >= 0.6 is 24.0 Å². The van der Waals surface area contributed by atoms with E-state index in [1.165, 1.54) is 7.11 Å². The molecular formula is C18H29F2IN4O3. The lowest BCUT2D eigenvalue weighted by Gasteiger charge is -2.26. The molecule has 0 amide bonds. The van der Waals surface area contributed by atoms with Gasteiger partial charge in [-0.05, 0) is 30.5 Å². The SMILES string of the molecule is COc1ccc(CCNC(N)=NCCCN2CCOCC2)cc1OC(F)F.I. The van der Waals surface area contributed by atoms with Gasteiger partial charge in [0.1, 0.15) is 0 Å². The number of nitrogens with two attached hydrogens (primary N) is 1. The zero-order valence-electron chi connectivity index (χ0n) is 16.0. The maximum Gasteiger partial charge on any atom is 0.387 e. The van der Waals surface area contributed by atoms with Crippen LogP contribution in [0.2, 0.25) is 0 Å². The zero-order valence-corrected chi connectivity index (χ0v) is 18.4. The normalized spacial score (nSPS) is 15.2. The highest BCUT2D eigenvalue weighted by Gasteiger charge is 2.11. The lowest BCUT2D eigenvalue weighted by Crippen LogP contribution is -2.37. The van der Waals surface area contributed by atoms with E-state index in [1.807, 2.05) is 0 Å². The lowest BCUT2D eigenvalue weighted by molar-refractivity contribution is -0.0512. The van der Waals surface area contributed by atoms with Crippen molar-refractivity contribution < 1.29 is 23.0 Å². The summed E-state index contributed by atoms with van der Waals surface area (Å²) in [7, 11) is 1.41. The fourth-order valence-corrected chi connectivity index (χ4v) is 2.77. The molecule has 1 saturated heterocycles. The maximum atomic E-state index is 12.5. The third kappa shape index (κ3) is 9.20. The van der Waals surface area contributed by atoms with Crippen LogP contribution in [0.3, 0.4) is 0 Å². The standard InChI is InChI=1S/C18H28F2N4O3.HI/c1-25-15-4-3-14(13-16(15)27-17(19)20)5-7-23-18(21)22-6-2-8-24-9-11-26-12-10-24;/h3-4,13,17H,2,5-12H2,1H3,(H3,21,22,23);1H. The van der Waals surface area contributed by atoms with Crippen molar-refractivity contribution in [3.63, 3.8) is 0 Å². The number of benzene rings is 1. The van der Waals surface area contributed by atoms with E-state index in [9.17, 15) is 8.78 Å². The van der Waals surface area contributed by atoms with Crippen molar-refractivity contribution in [3.8, 4) is 11.5 Å². The van der Waals surface area contributed by atoms with E-state index in [2.05, 4.69) is 19.9 Å². The summed E-state index contributed by atoms with van der Waals surface area (Å²) in [6.45, 7) is 2.81. The van der Waals surface area contributed by atoms with Crippen molar-refractivity contribution in [1.82, 2.24) is 10.2 Å². The van der Waals surface area contributed by atoms with Crippen molar-refractivity contribution in [3.05, 3.63) is 23.8 Å². The minimum absolute atomic E-state index is 0. The average Bonchev–Trinajstić information content (AvgIpc) is 2.66. The Balaban J connectivity index is 0.00000392. The van der Waals surface area contributed by atoms with Crippen molar-refractivity contribution in [2.75, 3.05) is 53.0 Å². The van der Waals surface area contributed by atoms with Gasteiger partial charge in [0.25, 0.3) is 0 Å². The van der Waals surface area contributed by atoms with Crippen LogP contribution in [0.5, 0.6) is 11.5 Å². The summed E-state index contributed by atoms with van der Waals surface area (Å²) in [6, 6.07) is 4.95. The van der Waals surface area contributed by atoms with E-state index in [4.69, 9.17) is 15.2 Å². The molecule has 0 saturated carbocycles. The molecule has 0 bridgehead atoms. The first-order chi connectivity index (χ1) is 13.1. The second-order valence-electron chi connectivity index (χ2n) is 6.12. The molecule has 1 fully saturated rings. The van der Waals surface area contributed by atoms with Crippen molar-refractivity contribution in [1.29, 1.82) is 0 Å². The van der Waals surface area contributed by atoms with Gasteiger partial charge < -0.3 is 25.3 Å². The largest absolute Gasteiger partial charge is 0.493 e. The van der Waals surface area contributed by atoms with Gasteiger partial charge in [-0.2, -0.15) is 8.78 Å². The number of halogens is 3. The van der Waals surface area contributed by atoms with Crippen LogP contribution in [0.25, 0.3) is 0 Å². The number of rotatable bonds is 10. The summed E-state index contributed by atoms with van der Waals surface area (Å²) >= 11 is 0. The topological polar surface area (TPSA) is 81.3 Å². The van der Waals surface area contributed by atoms with Gasteiger partial charge in [0.05, 0.1) is 20.3 Å². The van der Waals surface area contributed by atoms with Gasteiger partial charge in [-0.15, -0.1) is 24.0 Å². The van der Waals surface area contributed by atoms with Gasteiger partial charge in [0.2, 0.25) is 0 Å². The third-order valence-corrected chi connectivity index (χ3v) is 4.18. The lowest BCUT2D eigenvalue weighted by atomic mass is 10.1. The number of alkyl halides is 2. The summed E-state index contributed by atoms with van der Waals surface area (Å²) in [6.07, 6.45) is 1.53. The molecule has 2 rings (SSSR count). The van der Waals surface area contributed by atoms with E-state index in [1.54, 1.807) is 18.2 Å². The molecule has 3 N–H and O–H groups in total. The van der Waals surface area contributed by atoms with E-state index < -0.39 is 6.61 Å². The molecule has 28 heavy (non-hydrogen) atoms. The van der Waals surface area contributed by atoms with Crippen molar-refractivity contribution in [2.24, 2.45) is 10.7 Å². The fraction of sp³-hybridized carbons (Fsp3) is 0.611. The Bertz CT molecular complexity index is 602. The smallest absolute Gasteiger partial charge is 0.387 e. The highest BCUT2D eigenvalue weighted by molar-refractivity contribution is 14.0. The molecule has 1 aromatic rings. The van der Waals surface area contributed by atoms with Gasteiger partial charge in [0.15, 0.2) is 17.5 Å². The molecular weight excluding hydrogens is 485 g/mol. The molecule has 0 spiro atoms. The summed E-state index contributed by atoms with van der Waals surface area (Å²) in [5.41, 5.74) is 6.69. The van der Waals surface area contributed by atoms with Crippen molar-refractivity contribution >= 4 is 29.9 Å². The number of hydrogen-bond donors (Lipinski definition) is 2. The van der Waals surface area contributed by atoms with Crippen LogP contribution in [-0.4, -0.2) is 70.5 Å². The molecule has 0 unspecified atom stereocenters. The number of methoxy groups -OCH3 is 1. The molecule has 0 atom stereocenters. The first kappa shape index (κ1) is 24.6. The van der Waals surface area contributed by atoms with E-state index in [0.29, 0.717) is 25.5 Å². The van der Waals surface area contributed by atoms with Gasteiger partial charge in [-0.3, -0.25) is 9.89 Å². The minimum atomic E-state index is -2.90. The van der Waals surface area contributed by atoms with Crippen LogP contribution in [0, 0.1) is 0 Å². The Morgan fingerprint density at radius 3 is 2.75 bits per heavy atom. The molecule has 1 aliphatic rings. The van der Waals surface area contributed by atoms with Crippen molar-refractivity contribution in [2.45, 2.75) is 19.5 Å². The second kappa shape index (κ2) is 13.7. The summed E-state index contributed by atoms with van der Waals surface area (Å²) in [5, 5.41) is 3.03. The number of morpholine rings is 1. The summed E-state index contributed by atoms with van der Waals surface area (Å²) < 4.78 is 39.7. The van der Waals surface area contributed by atoms with E-state index >= 15 is 0 Å². The van der Waals surface area contributed by atoms with Crippen LogP contribution in [0.1, 0.15) is 12.0 Å². The molecule has 1 aromatic carbocycles. The Morgan fingerprint density at radius 2 is 2.07 bits per heavy atom. The number of guanidine groups is 1. The Morgan fingerprint density at radius 1 is 1.32 bits per heavy atom. The molecule has 1 aliphatic heterocycles. The Labute approximate surface area is 181 Å². The van der Waals surface area contributed by atoms with Gasteiger partial charge in [-0.25, -0.2) is 0 Å². The Hall–Kier alpha value is -1.40. The van der Waals surface area contributed by atoms with Crippen LogP contribution in [-0.2, 0) is 11.2 Å². The molecule has 0 radical (unpaired) electrons. The molecule has 0 aromatic heterocycles. The fourth-order valence-electron chi connectivity index (χ4n) is 2.77. The van der Waals surface area contributed by atoms with Crippen LogP contribution < -0.4 is 20.5 Å². The highest BCUT2D eigenvalue weighted by atomic mass is 127. The van der Waals surface area contributed by atoms with Gasteiger partial charge in [0, 0.05) is 32.7 Å². The number of nitrogens with zero attached hydrogens (tertiary/aromatic N) is 2. The average molecular weight is 514 g/mol. The first-order valence-corrected chi connectivity index (χ1v) is 9.04. The van der Waals surface area contributed by atoms with E-state index in [0.717, 1.165) is 44.8 Å². The second-order valence-corrected chi connectivity index (χ2v) is 6.12. The first-order valence-electron chi connectivity index (χ1n) is 9.04. The third-order valence-electron chi connectivity index (χ3n) is 4.18. The predicted octanol–water partition coefficient (Wildman–Crippen LogP) is 2.08. The van der Waals surface area contributed by atoms with Crippen LogP contribution in [0.15, 0.2) is 23.2 Å². The van der Waals surface area contributed by atoms with Crippen LogP contribution in [0.4, 0.5) is 8.78 Å². The number of hydrogen-bond acceptors (Lipinski definition) is 5. The van der Waals surface area contributed by atoms with Gasteiger partial charge in [-0.1, -0.05) is 6.07 Å². The minimum Gasteiger partial charge on any atom is -0.493 e. The molecule has 7 nitrogen and oxygen atoms in total. The maximum absolute atomic E-state index is 12.5. The monoisotopic (exact) mass is 514 g/mol. The highest BCUT2D eigenvalue weighted by Crippen LogP contribution is 2.29. The summed E-state index contributed by atoms with van der Waals surface area (Å²) in [5.74, 6) is 0.678. The number of ether oxygens (including phenoxy) is 3. The number of nitrogens with one attached hydrogen (secondary N) is 1. The number of aliphatic imine (C=N–C) groups is 1. The zero-order chi connectivity index (χ0) is 19.5. The predicted molar refractivity (Wildman–Crippen MR) is 115 cm³/mol. The van der Waals surface area contributed by atoms with E-state index in [-0.39, 0.29) is 35.5 Å². The molecule has 160 valence electrons. The Kier molecular flexibility index (Phi) is 12.1. The molecule has 10 heteroatoms. The molecule has 1 heterocycles. The summed E-state index contributed by atoms with van der Waals surface area (Å²) in [4.78, 5) is 6.66. The quantitative estimate of drug-likeness (QED) is 0.216. The van der Waals surface area contributed by atoms with Gasteiger partial charge >= 0.3 is 6.61 Å². The molecule has 0 aliphatic carbocycles.